The van der Waals surface area contributed by atoms with Crippen molar-refractivity contribution in [1.82, 2.24) is 9.97 Å². The summed E-state index contributed by atoms with van der Waals surface area (Å²) in [6, 6.07) is 1.70. The van der Waals surface area contributed by atoms with Gasteiger partial charge in [-0.1, -0.05) is 6.42 Å². The number of hydrogen-bond donors (Lipinski definition) is 1. The number of anilines is 1. The van der Waals surface area contributed by atoms with Gasteiger partial charge >= 0.3 is 0 Å². The second-order valence-corrected chi connectivity index (χ2v) is 5.12. The van der Waals surface area contributed by atoms with Crippen molar-refractivity contribution in [2.45, 2.75) is 25.3 Å². The van der Waals surface area contributed by atoms with E-state index in [-0.39, 0.29) is 0 Å². The van der Waals surface area contributed by atoms with Crippen LogP contribution in [-0.4, -0.2) is 29.1 Å². The number of nitrogens with zero attached hydrogens (tertiary/aromatic N) is 3. The van der Waals surface area contributed by atoms with Crippen LogP contribution in [0.15, 0.2) is 12.4 Å². The molecule has 17 heavy (non-hydrogen) atoms. The fourth-order valence-corrected chi connectivity index (χ4v) is 3.20. The average Bonchev–Trinajstić information content (AvgIpc) is 2.74. The van der Waals surface area contributed by atoms with Crippen molar-refractivity contribution in [3.8, 4) is 0 Å². The maximum atomic E-state index is 13.1. The molecule has 0 spiro atoms. The SMILES string of the molecule is N[C@@H]1CCCC2CN(c3cc(F)ncn3)C[C@H]21. The molecule has 4 nitrogen and oxygen atoms in total. The van der Waals surface area contributed by atoms with Crippen LogP contribution in [0.5, 0.6) is 0 Å². The zero-order valence-electron chi connectivity index (χ0n) is 9.72. The summed E-state index contributed by atoms with van der Waals surface area (Å²) in [6.07, 6.45) is 4.86. The molecule has 2 fully saturated rings. The lowest BCUT2D eigenvalue weighted by Crippen LogP contribution is -2.38. The molecule has 3 rings (SSSR count). The summed E-state index contributed by atoms with van der Waals surface area (Å²) in [5.41, 5.74) is 6.16. The van der Waals surface area contributed by atoms with Gasteiger partial charge in [0.25, 0.3) is 0 Å². The number of nitrogens with two attached hydrogens (primary N) is 1. The molecule has 0 bridgehead atoms. The number of hydrogen-bond acceptors (Lipinski definition) is 4. The highest BCUT2D eigenvalue weighted by Crippen LogP contribution is 2.36. The van der Waals surface area contributed by atoms with Gasteiger partial charge in [0.1, 0.15) is 12.1 Å². The van der Waals surface area contributed by atoms with E-state index < -0.39 is 5.95 Å². The van der Waals surface area contributed by atoms with E-state index in [1.54, 1.807) is 0 Å². The van der Waals surface area contributed by atoms with E-state index in [9.17, 15) is 4.39 Å². The summed E-state index contributed by atoms with van der Waals surface area (Å²) in [4.78, 5) is 9.77. The van der Waals surface area contributed by atoms with E-state index in [0.29, 0.717) is 23.7 Å². The average molecular weight is 236 g/mol. The van der Waals surface area contributed by atoms with E-state index in [1.807, 2.05) is 0 Å². The van der Waals surface area contributed by atoms with E-state index in [4.69, 9.17) is 5.73 Å². The number of halogens is 1. The van der Waals surface area contributed by atoms with Gasteiger partial charge in [0.15, 0.2) is 0 Å². The van der Waals surface area contributed by atoms with Gasteiger partial charge in [0.2, 0.25) is 5.95 Å². The highest BCUT2D eigenvalue weighted by molar-refractivity contribution is 5.39. The number of fused-ring (bicyclic) bond motifs is 1. The minimum absolute atomic E-state index is 0.297. The Labute approximate surface area is 100 Å². The van der Waals surface area contributed by atoms with Gasteiger partial charge in [-0.3, -0.25) is 0 Å². The third kappa shape index (κ3) is 1.99. The molecule has 0 amide bonds. The van der Waals surface area contributed by atoms with Crippen LogP contribution in [0.3, 0.4) is 0 Å². The van der Waals surface area contributed by atoms with Crippen LogP contribution in [0, 0.1) is 17.8 Å². The molecule has 2 aliphatic rings. The lowest BCUT2D eigenvalue weighted by atomic mass is 9.78. The molecular formula is C12H17FN4. The summed E-state index contributed by atoms with van der Waals surface area (Å²) >= 11 is 0. The molecule has 1 aromatic heterocycles. The van der Waals surface area contributed by atoms with Crippen molar-refractivity contribution in [2.24, 2.45) is 17.6 Å². The molecule has 1 aromatic rings. The van der Waals surface area contributed by atoms with Gasteiger partial charge in [-0.15, -0.1) is 0 Å². The second kappa shape index (κ2) is 4.22. The predicted molar refractivity (Wildman–Crippen MR) is 63.0 cm³/mol. The molecule has 1 saturated heterocycles. The minimum atomic E-state index is -0.464. The first-order valence-electron chi connectivity index (χ1n) is 6.22. The van der Waals surface area contributed by atoms with E-state index >= 15 is 0 Å². The quantitative estimate of drug-likeness (QED) is 0.744. The molecule has 2 N–H and O–H groups in total. The van der Waals surface area contributed by atoms with Gasteiger partial charge in [-0.25, -0.2) is 9.97 Å². The van der Waals surface area contributed by atoms with E-state index in [2.05, 4.69) is 14.9 Å². The maximum absolute atomic E-state index is 13.1. The Balaban J connectivity index is 1.79. The van der Waals surface area contributed by atoms with Crippen LogP contribution in [0.25, 0.3) is 0 Å². The lowest BCUT2D eigenvalue weighted by Gasteiger charge is -2.29. The largest absolute Gasteiger partial charge is 0.356 e. The van der Waals surface area contributed by atoms with Crippen molar-refractivity contribution in [2.75, 3.05) is 18.0 Å². The molecule has 3 atom stereocenters. The Bertz CT molecular complexity index is 411. The highest BCUT2D eigenvalue weighted by Gasteiger charge is 2.39. The summed E-state index contributed by atoms with van der Waals surface area (Å²) in [5, 5.41) is 0. The summed E-state index contributed by atoms with van der Waals surface area (Å²) in [6.45, 7) is 1.86. The van der Waals surface area contributed by atoms with Gasteiger partial charge < -0.3 is 10.6 Å². The number of aromatic nitrogens is 2. The summed E-state index contributed by atoms with van der Waals surface area (Å²) < 4.78 is 13.1. The Morgan fingerprint density at radius 3 is 2.94 bits per heavy atom. The fraction of sp³-hybridized carbons (Fsp3) is 0.667. The Hall–Kier alpha value is -1.23. The zero-order chi connectivity index (χ0) is 11.8. The maximum Gasteiger partial charge on any atom is 0.218 e. The monoisotopic (exact) mass is 236 g/mol. The Morgan fingerprint density at radius 1 is 1.29 bits per heavy atom. The number of rotatable bonds is 1. The fourth-order valence-electron chi connectivity index (χ4n) is 3.20. The molecule has 0 aromatic carbocycles. The molecule has 1 aliphatic heterocycles. The molecule has 1 saturated carbocycles. The molecule has 1 unspecified atom stereocenters. The van der Waals surface area contributed by atoms with Crippen molar-refractivity contribution >= 4 is 5.82 Å². The second-order valence-electron chi connectivity index (χ2n) is 5.12. The summed E-state index contributed by atoms with van der Waals surface area (Å²) in [5.74, 6) is 1.42. The van der Waals surface area contributed by atoms with Crippen molar-refractivity contribution in [3.05, 3.63) is 18.3 Å². The lowest BCUT2D eigenvalue weighted by molar-refractivity contribution is 0.260. The van der Waals surface area contributed by atoms with Crippen molar-refractivity contribution in [3.63, 3.8) is 0 Å². The van der Waals surface area contributed by atoms with Gasteiger partial charge in [-0.2, -0.15) is 4.39 Å². The third-order valence-corrected chi connectivity index (χ3v) is 4.10. The molecule has 2 heterocycles. The van der Waals surface area contributed by atoms with Crippen LogP contribution >= 0.6 is 0 Å². The normalized spacial score (nSPS) is 32.6. The van der Waals surface area contributed by atoms with E-state index in [1.165, 1.54) is 25.2 Å². The molecule has 1 aliphatic carbocycles. The van der Waals surface area contributed by atoms with Crippen LogP contribution in [-0.2, 0) is 0 Å². The Kier molecular flexibility index (Phi) is 2.70. The van der Waals surface area contributed by atoms with Crippen molar-refractivity contribution < 1.29 is 4.39 Å². The first-order chi connectivity index (χ1) is 8.24. The standard InChI is InChI=1S/C12H17FN4/c13-11-4-12(16-7-15-11)17-5-8-2-1-3-10(14)9(8)6-17/h4,7-10H,1-3,5-6,14H2/t8?,9-,10-/m1/s1. The third-order valence-electron chi connectivity index (χ3n) is 4.10. The topological polar surface area (TPSA) is 55.0 Å². The van der Waals surface area contributed by atoms with Crippen molar-refractivity contribution in [1.29, 1.82) is 0 Å². The van der Waals surface area contributed by atoms with E-state index in [0.717, 1.165) is 19.5 Å². The highest BCUT2D eigenvalue weighted by atomic mass is 19.1. The molecule has 92 valence electrons. The van der Waals surface area contributed by atoms with Crippen LogP contribution in [0.1, 0.15) is 19.3 Å². The first-order valence-corrected chi connectivity index (χ1v) is 6.22. The first kappa shape index (κ1) is 10.9. The smallest absolute Gasteiger partial charge is 0.218 e. The Morgan fingerprint density at radius 2 is 2.18 bits per heavy atom. The molecular weight excluding hydrogens is 219 g/mol. The molecule has 0 radical (unpaired) electrons. The van der Waals surface area contributed by atoms with Gasteiger partial charge in [0, 0.05) is 25.2 Å². The van der Waals surface area contributed by atoms with Crippen LogP contribution < -0.4 is 10.6 Å². The zero-order valence-corrected chi connectivity index (χ0v) is 9.72. The van der Waals surface area contributed by atoms with Crippen LogP contribution in [0.4, 0.5) is 10.2 Å². The summed E-state index contributed by atoms with van der Waals surface area (Å²) in [7, 11) is 0. The molecule has 5 heteroatoms. The minimum Gasteiger partial charge on any atom is -0.356 e. The predicted octanol–water partition coefficient (Wildman–Crippen LogP) is 1.18. The van der Waals surface area contributed by atoms with Gasteiger partial charge in [0.05, 0.1) is 0 Å². The van der Waals surface area contributed by atoms with Gasteiger partial charge in [-0.05, 0) is 24.7 Å². The van der Waals surface area contributed by atoms with Crippen LogP contribution in [0.2, 0.25) is 0 Å².